The van der Waals surface area contributed by atoms with Crippen LogP contribution in [0.5, 0.6) is 0 Å². The van der Waals surface area contributed by atoms with E-state index in [1.54, 1.807) is 0 Å². The molecule has 1 aromatic carbocycles. The summed E-state index contributed by atoms with van der Waals surface area (Å²) in [4.78, 5) is 26.9. The Hall–Kier alpha value is -3.19. The van der Waals surface area contributed by atoms with E-state index in [9.17, 15) is 4.79 Å². The van der Waals surface area contributed by atoms with Gasteiger partial charge in [-0.3, -0.25) is 9.88 Å². The maximum atomic E-state index is 12.9. The molecule has 1 fully saturated rings. The van der Waals surface area contributed by atoms with Crippen molar-refractivity contribution in [3.05, 3.63) is 58.5 Å². The number of imidazole rings is 1. The predicted molar refractivity (Wildman–Crippen MR) is 127 cm³/mol. The summed E-state index contributed by atoms with van der Waals surface area (Å²) >= 11 is 0. The minimum atomic E-state index is -0.337. The summed E-state index contributed by atoms with van der Waals surface area (Å²) in [6.07, 6.45) is 3.80. The van der Waals surface area contributed by atoms with Gasteiger partial charge in [0.15, 0.2) is 11.4 Å². The molecule has 5 rings (SSSR count). The minimum Gasteiger partial charge on any atom is -0.421 e. The topological polar surface area (TPSA) is 66.9 Å². The maximum Gasteiger partial charge on any atom is 0.344 e. The number of benzene rings is 1. The molecule has 0 aliphatic carbocycles. The molecule has 166 valence electrons. The number of aryl methyl sites for hydroxylation is 2. The van der Waals surface area contributed by atoms with Gasteiger partial charge >= 0.3 is 5.63 Å². The molecule has 7 nitrogen and oxygen atoms in total. The van der Waals surface area contributed by atoms with Crippen LogP contribution in [0.3, 0.4) is 0 Å². The van der Waals surface area contributed by atoms with Crippen LogP contribution in [0.2, 0.25) is 0 Å². The first kappa shape index (κ1) is 20.7. The van der Waals surface area contributed by atoms with Gasteiger partial charge in [-0.1, -0.05) is 13.0 Å². The summed E-state index contributed by atoms with van der Waals surface area (Å²) in [6.45, 7) is 13.6. The lowest BCUT2D eigenvalue weighted by molar-refractivity contribution is 0.140. The van der Waals surface area contributed by atoms with Crippen molar-refractivity contribution in [1.29, 1.82) is 0 Å². The lowest BCUT2D eigenvalue weighted by Gasteiger charge is -2.45. The van der Waals surface area contributed by atoms with Gasteiger partial charge in [0.05, 0.1) is 16.8 Å². The number of nitrogens with zero attached hydrogens (tertiary/aromatic N) is 5. The predicted octanol–water partition coefficient (Wildman–Crippen LogP) is 4.04. The zero-order valence-corrected chi connectivity index (χ0v) is 19.3. The number of hydrogen-bond acceptors (Lipinski definition) is 6. The monoisotopic (exact) mass is 431 g/mol. The molecule has 0 bridgehead atoms. The van der Waals surface area contributed by atoms with E-state index in [1.807, 2.05) is 48.8 Å². The zero-order chi connectivity index (χ0) is 22.6. The maximum absolute atomic E-state index is 12.9. The molecule has 4 heterocycles. The first-order valence-corrected chi connectivity index (χ1v) is 11.3. The Balaban J connectivity index is 1.52. The van der Waals surface area contributed by atoms with Crippen molar-refractivity contribution in [1.82, 2.24) is 19.3 Å². The molecule has 4 aromatic rings. The van der Waals surface area contributed by atoms with E-state index in [4.69, 9.17) is 4.42 Å². The lowest BCUT2D eigenvalue weighted by atomic mass is 10.1. The van der Waals surface area contributed by atoms with Crippen LogP contribution in [-0.2, 0) is 0 Å². The third-order valence-electron chi connectivity index (χ3n) is 6.56. The highest BCUT2D eigenvalue weighted by atomic mass is 16.4. The van der Waals surface area contributed by atoms with Crippen molar-refractivity contribution < 1.29 is 4.42 Å². The summed E-state index contributed by atoms with van der Waals surface area (Å²) in [6, 6.07) is 8.92. The van der Waals surface area contributed by atoms with E-state index in [0.717, 1.165) is 47.7 Å². The molecular weight excluding hydrogens is 402 g/mol. The van der Waals surface area contributed by atoms with Crippen LogP contribution in [0.1, 0.15) is 32.2 Å². The van der Waals surface area contributed by atoms with Crippen molar-refractivity contribution in [2.45, 2.75) is 46.7 Å². The third kappa shape index (κ3) is 3.46. The highest BCUT2D eigenvalue weighted by Gasteiger charge is 2.28. The van der Waals surface area contributed by atoms with E-state index >= 15 is 0 Å². The molecule has 2 atom stereocenters. The first-order chi connectivity index (χ1) is 15.3. The summed E-state index contributed by atoms with van der Waals surface area (Å²) in [5, 5.41) is 1.46. The molecule has 1 saturated heterocycles. The van der Waals surface area contributed by atoms with E-state index in [0.29, 0.717) is 28.9 Å². The van der Waals surface area contributed by atoms with E-state index < -0.39 is 0 Å². The SMILES string of the molecule is CCN1[C@H](C)CN(c2ccc3cc(-c4cn5cc(C)nc(C)c5n4)oc(=O)c3c2)C[C@@H]1C. The number of hydrogen-bond donors (Lipinski definition) is 0. The highest BCUT2D eigenvalue weighted by molar-refractivity contribution is 5.87. The Bertz CT molecular complexity index is 1360. The van der Waals surface area contributed by atoms with Gasteiger partial charge in [-0.05, 0) is 57.8 Å². The fraction of sp³-hybridized carbons (Fsp3) is 0.400. The summed E-state index contributed by atoms with van der Waals surface area (Å²) in [7, 11) is 0. The second kappa shape index (κ2) is 7.74. The van der Waals surface area contributed by atoms with Gasteiger partial charge in [-0.25, -0.2) is 9.78 Å². The van der Waals surface area contributed by atoms with Crippen LogP contribution in [0.25, 0.3) is 27.9 Å². The van der Waals surface area contributed by atoms with Crippen molar-refractivity contribution in [2.24, 2.45) is 0 Å². The zero-order valence-electron chi connectivity index (χ0n) is 19.3. The Labute approximate surface area is 187 Å². The number of fused-ring (bicyclic) bond motifs is 2. The smallest absolute Gasteiger partial charge is 0.344 e. The fourth-order valence-electron chi connectivity index (χ4n) is 5.11. The number of anilines is 1. The van der Waals surface area contributed by atoms with Gasteiger partial charge in [-0.15, -0.1) is 0 Å². The van der Waals surface area contributed by atoms with Gasteiger partial charge < -0.3 is 13.7 Å². The van der Waals surface area contributed by atoms with E-state index in [-0.39, 0.29) is 5.63 Å². The quantitative estimate of drug-likeness (QED) is 0.488. The number of aromatic nitrogens is 3. The molecule has 7 heteroatoms. The molecule has 3 aromatic heterocycles. The normalized spacial score (nSPS) is 19.8. The van der Waals surface area contributed by atoms with Crippen LogP contribution in [0, 0.1) is 13.8 Å². The van der Waals surface area contributed by atoms with Crippen LogP contribution >= 0.6 is 0 Å². The van der Waals surface area contributed by atoms with E-state index in [1.165, 1.54) is 0 Å². The molecule has 0 N–H and O–H groups in total. The van der Waals surface area contributed by atoms with Gasteiger partial charge in [0.25, 0.3) is 0 Å². The summed E-state index contributed by atoms with van der Waals surface area (Å²) in [5.74, 6) is 0.467. The molecule has 0 spiro atoms. The Morgan fingerprint density at radius 2 is 1.81 bits per heavy atom. The van der Waals surface area contributed by atoms with Gasteiger partial charge in [0, 0.05) is 43.3 Å². The molecule has 1 aliphatic heterocycles. The molecule has 1 aliphatic rings. The largest absolute Gasteiger partial charge is 0.421 e. The number of likely N-dealkylation sites (N-methyl/N-ethyl adjacent to an activating group) is 1. The van der Waals surface area contributed by atoms with Crippen molar-refractivity contribution in [3.63, 3.8) is 0 Å². The van der Waals surface area contributed by atoms with Crippen molar-refractivity contribution in [2.75, 3.05) is 24.5 Å². The van der Waals surface area contributed by atoms with Crippen LogP contribution in [0.4, 0.5) is 5.69 Å². The second-order valence-corrected chi connectivity index (χ2v) is 8.93. The molecule has 32 heavy (non-hydrogen) atoms. The Kier molecular flexibility index (Phi) is 5.01. The van der Waals surface area contributed by atoms with Crippen LogP contribution < -0.4 is 10.5 Å². The molecular formula is C25H29N5O2. The second-order valence-electron chi connectivity index (χ2n) is 8.93. The standard InChI is InChI=1S/C25H29N5O2/c1-6-30-16(3)12-28(13-17(30)4)20-8-7-19-9-23(32-25(31)21(19)10-20)22-14-29-11-15(2)26-18(5)24(29)27-22/h7-11,14,16-17H,6,12-13H2,1-5H3/t16-,17+. The third-order valence-corrected chi connectivity index (χ3v) is 6.56. The Morgan fingerprint density at radius 1 is 1.06 bits per heavy atom. The van der Waals surface area contributed by atoms with Crippen LogP contribution in [-0.4, -0.2) is 51.0 Å². The fourth-order valence-corrected chi connectivity index (χ4v) is 5.11. The first-order valence-electron chi connectivity index (χ1n) is 11.3. The number of piperazine rings is 1. The van der Waals surface area contributed by atoms with Crippen molar-refractivity contribution in [3.8, 4) is 11.5 Å². The average Bonchev–Trinajstić information content (AvgIpc) is 3.18. The molecule has 0 amide bonds. The van der Waals surface area contributed by atoms with Gasteiger partial charge in [0.2, 0.25) is 0 Å². The molecule has 0 unspecified atom stereocenters. The highest BCUT2D eigenvalue weighted by Crippen LogP contribution is 2.28. The minimum absolute atomic E-state index is 0.337. The summed E-state index contributed by atoms with van der Waals surface area (Å²) < 4.78 is 7.65. The van der Waals surface area contributed by atoms with Crippen LogP contribution in [0.15, 0.2) is 45.9 Å². The molecule has 0 saturated carbocycles. The average molecular weight is 432 g/mol. The van der Waals surface area contributed by atoms with Gasteiger partial charge in [-0.2, -0.15) is 0 Å². The molecule has 0 radical (unpaired) electrons. The lowest BCUT2D eigenvalue weighted by Crippen LogP contribution is -2.56. The summed E-state index contributed by atoms with van der Waals surface area (Å²) in [5.41, 5.74) is 3.87. The van der Waals surface area contributed by atoms with Gasteiger partial charge in [0.1, 0.15) is 5.69 Å². The number of rotatable bonds is 3. The Morgan fingerprint density at radius 3 is 2.53 bits per heavy atom. The van der Waals surface area contributed by atoms with E-state index in [2.05, 4.69) is 46.6 Å². The van der Waals surface area contributed by atoms with Crippen molar-refractivity contribution >= 4 is 22.1 Å².